The van der Waals surface area contributed by atoms with Gasteiger partial charge < -0.3 is 19.9 Å². The molecule has 7 heteroatoms. The number of rotatable bonds is 5. The third-order valence-corrected chi connectivity index (χ3v) is 4.68. The Morgan fingerprint density at radius 2 is 1.88 bits per heavy atom. The molecule has 1 atom stereocenters. The van der Waals surface area contributed by atoms with Crippen LogP contribution in [0.2, 0.25) is 0 Å². The molecule has 2 saturated heterocycles. The van der Waals surface area contributed by atoms with Crippen LogP contribution in [0, 0.1) is 5.82 Å². The second-order valence-corrected chi connectivity index (χ2v) is 6.39. The van der Waals surface area contributed by atoms with Crippen LogP contribution < -0.4 is 10.2 Å². The second kappa shape index (κ2) is 8.29. The van der Waals surface area contributed by atoms with E-state index >= 15 is 0 Å². The van der Waals surface area contributed by atoms with Gasteiger partial charge in [0.15, 0.2) is 0 Å². The van der Waals surface area contributed by atoms with Crippen molar-refractivity contribution in [1.29, 1.82) is 0 Å². The Morgan fingerprint density at radius 1 is 1.16 bits per heavy atom. The number of nitrogens with zero attached hydrogens (tertiary/aromatic N) is 2. The zero-order valence-electron chi connectivity index (χ0n) is 14.2. The normalized spacial score (nSPS) is 20.6. The molecule has 0 aliphatic carbocycles. The Bertz CT molecular complexity index is 594. The summed E-state index contributed by atoms with van der Waals surface area (Å²) in [6.45, 7) is 3.69. The van der Waals surface area contributed by atoms with E-state index in [1.807, 2.05) is 4.90 Å². The summed E-state index contributed by atoms with van der Waals surface area (Å²) in [6.07, 6.45) is 1.62. The van der Waals surface area contributed by atoms with Crippen molar-refractivity contribution in [3.8, 4) is 0 Å². The molecule has 25 heavy (non-hydrogen) atoms. The molecule has 6 nitrogen and oxygen atoms in total. The minimum absolute atomic E-state index is 0.0476. The molecule has 3 rings (SSSR count). The van der Waals surface area contributed by atoms with Gasteiger partial charge in [0.05, 0.1) is 0 Å². The third kappa shape index (κ3) is 4.69. The van der Waals surface area contributed by atoms with Crippen LogP contribution in [0.1, 0.15) is 19.3 Å². The molecule has 0 spiro atoms. The highest BCUT2D eigenvalue weighted by atomic mass is 19.1. The minimum atomic E-state index is -0.352. The lowest BCUT2D eigenvalue weighted by Gasteiger charge is -2.36. The van der Waals surface area contributed by atoms with Gasteiger partial charge in [-0.1, -0.05) is 0 Å². The molecular weight excluding hydrogens is 325 g/mol. The lowest BCUT2D eigenvalue weighted by molar-refractivity contribution is -0.132. The lowest BCUT2D eigenvalue weighted by atomic mass is 10.2. The summed E-state index contributed by atoms with van der Waals surface area (Å²) in [7, 11) is 0. The number of halogens is 1. The molecule has 0 saturated carbocycles. The first-order valence-electron chi connectivity index (χ1n) is 8.81. The SMILES string of the molecule is O=C(NCCC(=O)N1CCN(c2ccc(F)cc2)CC1)[C@@H]1CCCO1. The molecule has 1 aromatic carbocycles. The van der Waals surface area contributed by atoms with Crippen molar-refractivity contribution >= 4 is 17.5 Å². The van der Waals surface area contributed by atoms with Gasteiger partial charge in [-0.05, 0) is 37.1 Å². The molecule has 136 valence electrons. The molecule has 1 aromatic rings. The number of anilines is 1. The number of hydrogen-bond donors (Lipinski definition) is 1. The first-order chi connectivity index (χ1) is 12.1. The van der Waals surface area contributed by atoms with Crippen LogP contribution in [0.3, 0.4) is 0 Å². The molecule has 0 unspecified atom stereocenters. The van der Waals surface area contributed by atoms with Crippen molar-refractivity contribution in [2.75, 3.05) is 44.2 Å². The van der Waals surface area contributed by atoms with Crippen LogP contribution in [-0.2, 0) is 14.3 Å². The Hall–Kier alpha value is -2.15. The number of carbonyl (C=O) groups is 2. The number of hydrogen-bond acceptors (Lipinski definition) is 4. The van der Waals surface area contributed by atoms with Gasteiger partial charge in [-0.2, -0.15) is 0 Å². The topological polar surface area (TPSA) is 61.9 Å². The average Bonchev–Trinajstić information content (AvgIpc) is 3.17. The smallest absolute Gasteiger partial charge is 0.249 e. The summed E-state index contributed by atoms with van der Waals surface area (Å²) >= 11 is 0. The number of amides is 2. The predicted octanol–water partition coefficient (Wildman–Crippen LogP) is 1.16. The van der Waals surface area contributed by atoms with E-state index in [-0.39, 0.29) is 23.7 Å². The van der Waals surface area contributed by atoms with Crippen molar-refractivity contribution in [1.82, 2.24) is 10.2 Å². The number of piperazine rings is 1. The van der Waals surface area contributed by atoms with Crippen molar-refractivity contribution in [2.24, 2.45) is 0 Å². The van der Waals surface area contributed by atoms with Crippen LogP contribution >= 0.6 is 0 Å². The zero-order chi connectivity index (χ0) is 17.6. The summed E-state index contributed by atoms with van der Waals surface area (Å²) in [5, 5.41) is 2.78. The molecule has 0 radical (unpaired) electrons. The van der Waals surface area contributed by atoms with Gasteiger partial charge in [0, 0.05) is 51.4 Å². The van der Waals surface area contributed by atoms with Crippen LogP contribution in [0.25, 0.3) is 0 Å². The van der Waals surface area contributed by atoms with Crippen molar-refractivity contribution in [3.63, 3.8) is 0 Å². The molecule has 2 amide bonds. The Labute approximate surface area is 146 Å². The van der Waals surface area contributed by atoms with E-state index in [4.69, 9.17) is 4.74 Å². The second-order valence-electron chi connectivity index (χ2n) is 6.39. The van der Waals surface area contributed by atoms with Crippen LogP contribution in [0.5, 0.6) is 0 Å². The van der Waals surface area contributed by atoms with E-state index in [0.29, 0.717) is 32.7 Å². The van der Waals surface area contributed by atoms with Crippen molar-refractivity contribution < 1.29 is 18.7 Å². The highest BCUT2D eigenvalue weighted by Gasteiger charge is 2.24. The lowest BCUT2D eigenvalue weighted by Crippen LogP contribution is -2.49. The summed E-state index contributed by atoms with van der Waals surface area (Å²) in [5.74, 6) is -0.319. The summed E-state index contributed by atoms with van der Waals surface area (Å²) in [6, 6.07) is 6.41. The van der Waals surface area contributed by atoms with E-state index in [2.05, 4.69) is 10.2 Å². The summed E-state index contributed by atoms with van der Waals surface area (Å²) in [4.78, 5) is 28.1. The van der Waals surface area contributed by atoms with Crippen LogP contribution in [-0.4, -0.2) is 62.1 Å². The van der Waals surface area contributed by atoms with Crippen LogP contribution in [0.4, 0.5) is 10.1 Å². The van der Waals surface area contributed by atoms with Gasteiger partial charge in [0.25, 0.3) is 0 Å². The van der Waals surface area contributed by atoms with Gasteiger partial charge >= 0.3 is 0 Å². The number of benzene rings is 1. The third-order valence-electron chi connectivity index (χ3n) is 4.68. The van der Waals surface area contributed by atoms with E-state index < -0.39 is 0 Å². The number of ether oxygens (including phenoxy) is 1. The van der Waals surface area contributed by atoms with Crippen molar-refractivity contribution in [2.45, 2.75) is 25.4 Å². The molecule has 2 aliphatic rings. The van der Waals surface area contributed by atoms with Gasteiger partial charge in [-0.25, -0.2) is 4.39 Å². The number of carbonyl (C=O) groups excluding carboxylic acids is 2. The zero-order valence-corrected chi connectivity index (χ0v) is 14.2. The first-order valence-corrected chi connectivity index (χ1v) is 8.81. The van der Waals surface area contributed by atoms with Gasteiger partial charge in [-0.3, -0.25) is 9.59 Å². The highest BCUT2D eigenvalue weighted by molar-refractivity contribution is 5.82. The summed E-state index contributed by atoms with van der Waals surface area (Å²) in [5.41, 5.74) is 0.970. The monoisotopic (exact) mass is 349 g/mol. The highest BCUT2D eigenvalue weighted by Crippen LogP contribution is 2.17. The Morgan fingerprint density at radius 3 is 2.52 bits per heavy atom. The van der Waals surface area contributed by atoms with E-state index in [9.17, 15) is 14.0 Å². The van der Waals surface area contributed by atoms with E-state index in [1.54, 1.807) is 12.1 Å². The van der Waals surface area contributed by atoms with Crippen molar-refractivity contribution in [3.05, 3.63) is 30.1 Å². The molecule has 0 bridgehead atoms. The van der Waals surface area contributed by atoms with Gasteiger partial charge in [0.1, 0.15) is 11.9 Å². The fourth-order valence-electron chi connectivity index (χ4n) is 3.21. The minimum Gasteiger partial charge on any atom is -0.368 e. The van der Waals surface area contributed by atoms with Gasteiger partial charge in [0.2, 0.25) is 11.8 Å². The fraction of sp³-hybridized carbons (Fsp3) is 0.556. The molecular formula is C18H24FN3O3. The van der Waals surface area contributed by atoms with E-state index in [0.717, 1.165) is 31.6 Å². The first kappa shape index (κ1) is 17.7. The van der Waals surface area contributed by atoms with Crippen LogP contribution in [0.15, 0.2) is 24.3 Å². The molecule has 2 heterocycles. The summed E-state index contributed by atoms with van der Waals surface area (Å²) < 4.78 is 18.3. The molecule has 1 N–H and O–H groups in total. The Balaban J connectivity index is 1.38. The van der Waals surface area contributed by atoms with Gasteiger partial charge in [-0.15, -0.1) is 0 Å². The average molecular weight is 349 g/mol. The molecule has 2 fully saturated rings. The molecule has 0 aromatic heterocycles. The number of nitrogens with one attached hydrogen (secondary N) is 1. The predicted molar refractivity (Wildman–Crippen MR) is 91.8 cm³/mol. The fourth-order valence-corrected chi connectivity index (χ4v) is 3.21. The van der Waals surface area contributed by atoms with E-state index in [1.165, 1.54) is 12.1 Å². The Kier molecular flexibility index (Phi) is 5.86. The maximum atomic E-state index is 13.0. The largest absolute Gasteiger partial charge is 0.368 e. The maximum Gasteiger partial charge on any atom is 0.249 e. The maximum absolute atomic E-state index is 13.0. The molecule has 2 aliphatic heterocycles. The quantitative estimate of drug-likeness (QED) is 0.867. The standard InChI is InChI=1S/C18H24FN3O3/c19-14-3-5-15(6-4-14)21-9-11-22(12-10-21)17(23)7-8-20-18(24)16-2-1-13-25-16/h3-6,16H,1-2,7-13H2,(H,20,24)/t16-/m0/s1.